The SMILES string of the molecule is CCCCCCCCCC/C=C\CCCCCCCCCCCCCCCCCCCC(=O)OC(COC(=O)CCCCCCCCCCC/C=C\CCCCCCCCCC)COC(OCC[N+](C)(C)C)C(=O)O. The highest BCUT2D eigenvalue weighted by molar-refractivity contribution is 5.71. The average molecular weight is 1060 g/mol. The number of hydrogen-bond donors (Lipinski definition) is 1. The van der Waals surface area contributed by atoms with E-state index in [9.17, 15) is 19.5 Å². The number of allylic oxidation sites excluding steroid dienone is 4. The summed E-state index contributed by atoms with van der Waals surface area (Å²) in [4.78, 5) is 37.5. The Bertz CT molecular complexity index is 1280. The molecule has 0 fully saturated rings. The molecule has 2 unspecified atom stereocenters. The third-order valence-electron chi connectivity index (χ3n) is 14.7. The predicted molar refractivity (Wildman–Crippen MR) is 318 cm³/mol. The molecule has 0 radical (unpaired) electrons. The summed E-state index contributed by atoms with van der Waals surface area (Å²) >= 11 is 0. The fraction of sp³-hybridized carbons (Fsp3) is 0.894. The van der Waals surface area contributed by atoms with Gasteiger partial charge in [-0.3, -0.25) is 9.59 Å². The number of unbranched alkanes of at least 4 members (excludes halogenated alkanes) is 42. The van der Waals surface area contributed by atoms with Crippen LogP contribution in [-0.4, -0.2) is 87.4 Å². The lowest BCUT2D eigenvalue weighted by Crippen LogP contribution is -2.40. The van der Waals surface area contributed by atoms with Gasteiger partial charge in [-0.2, -0.15) is 0 Å². The molecule has 0 saturated heterocycles. The zero-order valence-electron chi connectivity index (χ0n) is 50.5. The molecule has 0 aliphatic rings. The van der Waals surface area contributed by atoms with Crippen molar-refractivity contribution in [3.63, 3.8) is 0 Å². The number of esters is 2. The molecule has 2 atom stereocenters. The van der Waals surface area contributed by atoms with E-state index in [0.29, 0.717) is 17.4 Å². The van der Waals surface area contributed by atoms with Crippen molar-refractivity contribution in [1.29, 1.82) is 0 Å². The van der Waals surface area contributed by atoms with Crippen molar-refractivity contribution in [3.05, 3.63) is 24.3 Å². The first-order chi connectivity index (χ1) is 36.6. The molecule has 0 saturated carbocycles. The number of nitrogens with zero attached hydrogens (tertiary/aromatic N) is 1. The van der Waals surface area contributed by atoms with Gasteiger partial charge < -0.3 is 28.5 Å². The average Bonchev–Trinajstić information content (AvgIpc) is 3.38. The van der Waals surface area contributed by atoms with Gasteiger partial charge in [0.05, 0.1) is 34.4 Å². The molecule has 442 valence electrons. The molecule has 0 aromatic carbocycles. The van der Waals surface area contributed by atoms with Gasteiger partial charge in [0.25, 0.3) is 6.29 Å². The summed E-state index contributed by atoms with van der Waals surface area (Å²) in [6, 6.07) is 0. The van der Waals surface area contributed by atoms with Gasteiger partial charge in [-0.15, -0.1) is 0 Å². The Balaban J connectivity index is 4.12. The number of ether oxygens (including phenoxy) is 4. The molecule has 0 spiro atoms. The highest BCUT2D eigenvalue weighted by atomic mass is 16.7. The molecular formula is C66H126NO8+. The highest BCUT2D eigenvalue weighted by Gasteiger charge is 2.25. The van der Waals surface area contributed by atoms with E-state index < -0.39 is 18.4 Å². The molecule has 1 N–H and O–H groups in total. The summed E-state index contributed by atoms with van der Waals surface area (Å²) in [7, 11) is 5.98. The van der Waals surface area contributed by atoms with E-state index in [4.69, 9.17) is 18.9 Å². The van der Waals surface area contributed by atoms with E-state index in [2.05, 4.69) is 38.2 Å². The van der Waals surface area contributed by atoms with Crippen LogP contribution in [0, 0.1) is 0 Å². The summed E-state index contributed by atoms with van der Waals surface area (Å²) in [5, 5.41) is 9.72. The van der Waals surface area contributed by atoms with Gasteiger partial charge in [-0.1, -0.05) is 269 Å². The minimum atomic E-state index is -1.51. The second-order valence-electron chi connectivity index (χ2n) is 23.4. The van der Waals surface area contributed by atoms with E-state index in [0.717, 1.165) is 38.5 Å². The van der Waals surface area contributed by atoms with Crippen LogP contribution >= 0.6 is 0 Å². The monoisotopic (exact) mass is 1060 g/mol. The van der Waals surface area contributed by atoms with Crippen LogP contribution in [0.1, 0.15) is 322 Å². The first kappa shape index (κ1) is 72.8. The molecule has 75 heavy (non-hydrogen) atoms. The van der Waals surface area contributed by atoms with E-state index in [1.165, 1.54) is 257 Å². The second kappa shape index (κ2) is 57.9. The van der Waals surface area contributed by atoms with Crippen LogP contribution in [0.3, 0.4) is 0 Å². The molecule has 0 heterocycles. The van der Waals surface area contributed by atoms with Crippen molar-refractivity contribution >= 4 is 17.9 Å². The van der Waals surface area contributed by atoms with Gasteiger partial charge in [0.15, 0.2) is 6.10 Å². The lowest BCUT2D eigenvalue weighted by Gasteiger charge is -2.25. The summed E-state index contributed by atoms with van der Waals surface area (Å²) in [6.45, 7) is 4.93. The normalized spacial score (nSPS) is 12.8. The van der Waals surface area contributed by atoms with Crippen LogP contribution in [0.25, 0.3) is 0 Å². The van der Waals surface area contributed by atoms with Crippen LogP contribution in [-0.2, 0) is 33.3 Å². The van der Waals surface area contributed by atoms with E-state index in [1.54, 1.807) is 0 Å². The van der Waals surface area contributed by atoms with Gasteiger partial charge >= 0.3 is 17.9 Å². The van der Waals surface area contributed by atoms with Crippen molar-refractivity contribution in [2.45, 2.75) is 334 Å². The second-order valence-corrected chi connectivity index (χ2v) is 23.4. The van der Waals surface area contributed by atoms with Crippen molar-refractivity contribution in [2.24, 2.45) is 0 Å². The van der Waals surface area contributed by atoms with Gasteiger partial charge in [0.2, 0.25) is 0 Å². The van der Waals surface area contributed by atoms with Gasteiger partial charge in [0.1, 0.15) is 13.2 Å². The minimum absolute atomic E-state index is 0.178. The van der Waals surface area contributed by atoms with E-state index in [1.807, 2.05) is 21.1 Å². The zero-order chi connectivity index (χ0) is 54.8. The predicted octanol–water partition coefficient (Wildman–Crippen LogP) is 19.5. The number of carbonyl (C=O) groups is 3. The van der Waals surface area contributed by atoms with Crippen LogP contribution in [0.15, 0.2) is 24.3 Å². The minimum Gasteiger partial charge on any atom is -0.477 e. The van der Waals surface area contributed by atoms with Gasteiger partial charge in [-0.25, -0.2) is 4.79 Å². The highest BCUT2D eigenvalue weighted by Crippen LogP contribution is 2.18. The summed E-state index contributed by atoms with van der Waals surface area (Å²) < 4.78 is 23.0. The van der Waals surface area contributed by atoms with Gasteiger partial charge in [-0.05, 0) is 64.2 Å². The van der Waals surface area contributed by atoms with Crippen molar-refractivity contribution < 1.29 is 42.9 Å². The molecular weight excluding hydrogens is 935 g/mol. The number of rotatable bonds is 61. The molecule has 0 rings (SSSR count). The molecule has 0 aromatic heterocycles. The summed E-state index contributed by atoms with van der Waals surface area (Å²) in [6.07, 6.45) is 67.0. The fourth-order valence-electron chi connectivity index (χ4n) is 9.65. The summed E-state index contributed by atoms with van der Waals surface area (Å²) in [5.74, 6) is -1.98. The molecule has 0 aliphatic carbocycles. The van der Waals surface area contributed by atoms with Crippen LogP contribution in [0.4, 0.5) is 0 Å². The van der Waals surface area contributed by atoms with Gasteiger partial charge in [0, 0.05) is 12.8 Å². The number of likely N-dealkylation sites (N-methyl/N-ethyl adjacent to an activating group) is 1. The Morgan fingerprint density at radius 1 is 0.387 bits per heavy atom. The Labute approximate surface area is 465 Å². The number of carboxylic acid groups (broad SMARTS) is 1. The van der Waals surface area contributed by atoms with E-state index >= 15 is 0 Å². The third kappa shape index (κ3) is 59.3. The van der Waals surface area contributed by atoms with Crippen molar-refractivity contribution in [2.75, 3.05) is 47.5 Å². The zero-order valence-corrected chi connectivity index (χ0v) is 50.5. The van der Waals surface area contributed by atoms with E-state index in [-0.39, 0.29) is 38.2 Å². The lowest BCUT2D eigenvalue weighted by atomic mass is 10.0. The first-order valence-electron chi connectivity index (χ1n) is 32.5. The fourth-order valence-corrected chi connectivity index (χ4v) is 9.65. The molecule has 0 aliphatic heterocycles. The van der Waals surface area contributed by atoms with Crippen LogP contribution < -0.4 is 0 Å². The Morgan fingerprint density at radius 2 is 0.680 bits per heavy atom. The van der Waals surface area contributed by atoms with Crippen LogP contribution in [0.2, 0.25) is 0 Å². The van der Waals surface area contributed by atoms with Crippen LogP contribution in [0.5, 0.6) is 0 Å². The topological polar surface area (TPSA) is 108 Å². The first-order valence-corrected chi connectivity index (χ1v) is 32.5. The Kier molecular flexibility index (Phi) is 56.2. The van der Waals surface area contributed by atoms with Crippen molar-refractivity contribution in [3.8, 4) is 0 Å². The molecule has 0 bridgehead atoms. The number of carbonyl (C=O) groups excluding carboxylic acids is 2. The number of quaternary nitrogens is 1. The lowest BCUT2D eigenvalue weighted by molar-refractivity contribution is -0.870. The maximum absolute atomic E-state index is 12.9. The molecule has 0 amide bonds. The molecule has 9 nitrogen and oxygen atoms in total. The number of hydrogen-bond acceptors (Lipinski definition) is 7. The quantitative estimate of drug-likeness (QED) is 0.0211. The number of carboxylic acids is 1. The smallest absolute Gasteiger partial charge is 0.361 e. The Hall–Kier alpha value is -2.23. The van der Waals surface area contributed by atoms with Crippen molar-refractivity contribution in [1.82, 2.24) is 0 Å². The maximum atomic E-state index is 12.9. The Morgan fingerprint density at radius 3 is 0.987 bits per heavy atom. The molecule has 9 heteroatoms. The molecule has 0 aromatic rings. The third-order valence-corrected chi connectivity index (χ3v) is 14.7. The maximum Gasteiger partial charge on any atom is 0.361 e. The number of aliphatic carboxylic acids is 1. The standard InChI is InChI=1S/C66H125NO8/c1-6-8-10-12-14-16-18-20-22-24-26-28-29-30-31-32-33-34-35-37-39-41-43-45-47-49-51-53-55-57-64(69)75-62(61-74-66(65(70)71)72-59-58-67(3,4)5)60-73-63(68)56-54-52-50-48-46-44-42-40-38-36-27-25-23-21-19-17-15-13-11-9-7-2/h24-27,62,66H,6-23,28-61H2,1-5H3/p+1/b26-24-,27-25-. The summed E-state index contributed by atoms with van der Waals surface area (Å²) in [5.41, 5.74) is 0. The largest absolute Gasteiger partial charge is 0.477 e.